The normalized spacial score (nSPS) is 24.4. The number of nitrogens with one attached hydrogen (secondary N) is 1. The van der Waals surface area contributed by atoms with Gasteiger partial charge in [0.05, 0.1) is 13.2 Å². The Hall–Kier alpha value is -0.650. The molecular formula is C14H29N3O2. The topological polar surface area (TPSA) is 44.8 Å². The molecule has 5 nitrogen and oxygen atoms in total. The molecule has 1 N–H and O–H groups in total. The smallest absolute Gasteiger partial charge is 0.236 e. The monoisotopic (exact) mass is 271 g/mol. The Morgan fingerprint density at radius 1 is 1.53 bits per heavy atom. The van der Waals surface area contributed by atoms with E-state index in [0.717, 1.165) is 32.6 Å². The van der Waals surface area contributed by atoms with Gasteiger partial charge < -0.3 is 19.9 Å². The van der Waals surface area contributed by atoms with E-state index < -0.39 is 0 Å². The molecule has 1 rings (SSSR count). The molecule has 5 heteroatoms. The van der Waals surface area contributed by atoms with Gasteiger partial charge in [-0.1, -0.05) is 13.8 Å². The van der Waals surface area contributed by atoms with Crippen molar-refractivity contribution in [2.45, 2.75) is 26.3 Å². The zero-order valence-corrected chi connectivity index (χ0v) is 12.8. The lowest BCUT2D eigenvalue weighted by Crippen LogP contribution is -2.52. The van der Waals surface area contributed by atoms with Gasteiger partial charge >= 0.3 is 0 Å². The lowest BCUT2D eigenvalue weighted by atomic mass is 9.92. The van der Waals surface area contributed by atoms with Gasteiger partial charge in [0, 0.05) is 39.8 Å². The summed E-state index contributed by atoms with van der Waals surface area (Å²) in [5, 5.41) is 3.11. The van der Waals surface area contributed by atoms with Crippen LogP contribution < -0.4 is 5.32 Å². The number of likely N-dealkylation sites (N-methyl/N-ethyl adjacent to an activating group) is 1. The van der Waals surface area contributed by atoms with Gasteiger partial charge in [-0.25, -0.2) is 0 Å². The van der Waals surface area contributed by atoms with Crippen LogP contribution in [0.5, 0.6) is 0 Å². The zero-order valence-electron chi connectivity index (χ0n) is 12.8. The summed E-state index contributed by atoms with van der Waals surface area (Å²) < 4.78 is 4.95. The first kappa shape index (κ1) is 16.4. The van der Waals surface area contributed by atoms with Crippen molar-refractivity contribution >= 4 is 5.91 Å². The molecular weight excluding hydrogens is 242 g/mol. The molecule has 1 aliphatic rings. The second kappa shape index (κ2) is 8.51. The van der Waals surface area contributed by atoms with Crippen LogP contribution in [0.25, 0.3) is 0 Å². The van der Waals surface area contributed by atoms with E-state index in [1.54, 1.807) is 7.11 Å². The summed E-state index contributed by atoms with van der Waals surface area (Å²) in [6.07, 6.45) is 1.08. The minimum absolute atomic E-state index is 0.179. The molecule has 19 heavy (non-hydrogen) atoms. The van der Waals surface area contributed by atoms with Crippen molar-refractivity contribution in [3.63, 3.8) is 0 Å². The van der Waals surface area contributed by atoms with Crippen LogP contribution in [0.4, 0.5) is 0 Å². The lowest BCUT2D eigenvalue weighted by molar-refractivity contribution is -0.133. The molecule has 0 unspecified atom stereocenters. The average molecular weight is 271 g/mol. The molecule has 1 amide bonds. The van der Waals surface area contributed by atoms with E-state index in [0.29, 0.717) is 25.1 Å². The van der Waals surface area contributed by atoms with Gasteiger partial charge in [-0.2, -0.15) is 0 Å². The third-order valence-corrected chi connectivity index (χ3v) is 4.04. The highest BCUT2D eigenvalue weighted by Gasteiger charge is 2.30. The van der Waals surface area contributed by atoms with Crippen molar-refractivity contribution in [3.8, 4) is 0 Å². The quantitative estimate of drug-likeness (QED) is 0.681. The average Bonchev–Trinajstić information content (AvgIpc) is 2.42. The van der Waals surface area contributed by atoms with Gasteiger partial charge in [0.25, 0.3) is 0 Å². The summed E-state index contributed by atoms with van der Waals surface area (Å²) in [5.74, 6) is 0.722. The number of nitrogens with zero attached hydrogens (tertiary/aromatic N) is 2. The molecule has 1 fully saturated rings. The van der Waals surface area contributed by atoms with E-state index in [4.69, 9.17) is 4.74 Å². The standard InChI is InChI=1S/C14H29N3O2/c1-5-17-8-6-13(12(2)11-17)16(3)14(18)10-15-7-9-19-4/h12-13,15H,5-11H2,1-4H3/t12-,13-/m1/s1. The lowest BCUT2D eigenvalue weighted by Gasteiger charge is -2.41. The van der Waals surface area contributed by atoms with Crippen molar-refractivity contribution in [3.05, 3.63) is 0 Å². The number of rotatable bonds is 7. The number of methoxy groups -OCH3 is 1. The number of carbonyl (C=O) groups is 1. The Balaban J connectivity index is 2.35. The molecule has 112 valence electrons. The molecule has 0 bridgehead atoms. The number of amides is 1. The molecule has 0 radical (unpaired) electrons. The van der Waals surface area contributed by atoms with Crippen molar-refractivity contribution in [2.75, 3.05) is 53.5 Å². The molecule has 0 saturated carbocycles. The van der Waals surface area contributed by atoms with Crippen molar-refractivity contribution in [2.24, 2.45) is 5.92 Å². The minimum Gasteiger partial charge on any atom is -0.383 e. The van der Waals surface area contributed by atoms with E-state index in [1.165, 1.54) is 0 Å². The Morgan fingerprint density at radius 2 is 2.26 bits per heavy atom. The van der Waals surface area contributed by atoms with E-state index in [9.17, 15) is 4.79 Å². The van der Waals surface area contributed by atoms with Crippen LogP contribution in [0.2, 0.25) is 0 Å². The molecule has 0 aliphatic carbocycles. The Morgan fingerprint density at radius 3 is 2.84 bits per heavy atom. The van der Waals surface area contributed by atoms with Crippen molar-refractivity contribution in [1.29, 1.82) is 0 Å². The molecule has 0 spiro atoms. The summed E-state index contributed by atoms with van der Waals surface area (Å²) in [5.41, 5.74) is 0. The highest BCUT2D eigenvalue weighted by atomic mass is 16.5. The van der Waals surface area contributed by atoms with Crippen LogP contribution in [0, 0.1) is 5.92 Å². The molecule has 0 aromatic rings. The predicted octanol–water partition coefficient (Wildman–Crippen LogP) is 0.411. The highest BCUT2D eigenvalue weighted by molar-refractivity contribution is 5.78. The minimum atomic E-state index is 0.179. The molecule has 1 aliphatic heterocycles. The summed E-state index contributed by atoms with van der Waals surface area (Å²) >= 11 is 0. The predicted molar refractivity (Wildman–Crippen MR) is 77.2 cm³/mol. The third kappa shape index (κ3) is 5.09. The van der Waals surface area contributed by atoms with Crippen molar-refractivity contribution < 1.29 is 9.53 Å². The van der Waals surface area contributed by atoms with E-state index in [2.05, 4.69) is 24.1 Å². The summed E-state index contributed by atoms with van der Waals surface area (Å²) in [7, 11) is 3.60. The maximum atomic E-state index is 12.1. The number of likely N-dealkylation sites (tertiary alicyclic amines) is 1. The van der Waals surface area contributed by atoms with Gasteiger partial charge in [0.1, 0.15) is 0 Å². The highest BCUT2D eigenvalue weighted by Crippen LogP contribution is 2.20. The Kier molecular flexibility index (Phi) is 7.34. The van der Waals surface area contributed by atoms with E-state index >= 15 is 0 Å². The summed E-state index contributed by atoms with van der Waals surface area (Å²) in [6, 6.07) is 0.375. The number of piperidine rings is 1. The molecule has 1 heterocycles. The second-order valence-electron chi connectivity index (χ2n) is 5.40. The van der Waals surface area contributed by atoms with E-state index in [1.807, 2.05) is 11.9 Å². The van der Waals surface area contributed by atoms with Gasteiger partial charge in [-0.3, -0.25) is 4.79 Å². The van der Waals surface area contributed by atoms with E-state index in [-0.39, 0.29) is 5.91 Å². The maximum Gasteiger partial charge on any atom is 0.236 e. The van der Waals surface area contributed by atoms with Gasteiger partial charge in [0.15, 0.2) is 0 Å². The van der Waals surface area contributed by atoms with Gasteiger partial charge in [-0.05, 0) is 18.9 Å². The van der Waals surface area contributed by atoms with Crippen LogP contribution in [-0.4, -0.2) is 75.2 Å². The van der Waals surface area contributed by atoms with Crippen LogP contribution in [0.1, 0.15) is 20.3 Å². The third-order valence-electron chi connectivity index (χ3n) is 4.04. The number of carbonyl (C=O) groups excluding carboxylic acids is 1. The first-order chi connectivity index (χ1) is 9.10. The molecule has 0 aromatic carbocycles. The largest absolute Gasteiger partial charge is 0.383 e. The van der Waals surface area contributed by atoms with Gasteiger partial charge in [-0.15, -0.1) is 0 Å². The molecule has 2 atom stereocenters. The fourth-order valence-electron chi connectivity index (χ4n) is 2.76. The zero-order chi connectivity index (χ0) is 14.3. The molecule has 1 saturated heterocycles. The van der Waals surface area contributed by atoms with Crippen molar-refractivity contribution in [1.82, 2.24) is 15.1 Å². The van der Waals surface area contributed by atoms with Crippen LogP contribution in [0.3, 0.4) is 0 Å². The summed E-state index contributed by atoms with van der Waals surface area (Å²) in [4.78, 5) is 16.5. The first-order valence-electron chi connectivity index (χ1n) is 7.27. The maximum absolute atomic E-state index is 12.1. The number of hydrogen-bond donors (Lipinski definition) is 1. The van der Waals surface area contributed by atoms with Crippen LogP contribution in [-0.2, 0) is 9.53 Å². The first-order valence-corrected chi connectivity index (χ1v) is 7.27. The van der Waals surface area contributed by atoms with Crippen LogP contribution >= 0.6 is 0 Å². The summed E-state index contributed by atoms with van der Waals surface area (Å²) in [6.45, 7) is 9.50. The molecule has 0 aromatic heterocycles. The van der Waals surface area contributed by atoms with Gasteiger partial charge in [0.2, 0.25) is 5.91 Å². The van der Waals surface area contributed by atoms with Crippen LogP contribution in [0.15, 0.2) is 0 Å². The number of ether oxygens (including phenoxy) is 1. The SMILES string of the molecule is CCN1CC[C@@H](N(C)C(=O)CNCCOC)[C@H](C)C1. The Bertz CT molecular complexity index is 273. The second-order valence-corrected chi connectivity index (χ2v) is 5.40. The fourth-order valence-corrected chi connectivity index (χ4v) is 2.76. The Labute approximate surface area is 117 Å². The fraction of sp³-hybridized carbons (Fsp3) is 0.929. The number of hydrogen-bond acceptors (Lipinski definition) is 4.